The number of carbonyl (C=O) groups excluding carboxylic acids is 3. The zero-order valence-corrected chi connectivity index (χ0v) is 13.8. The van der Waals surface area contributed by atoms with E-state index in [2.05, 4.69) is 10.3 Å². The van der Waals surface area contributed by atoms with E-state index in [9.17, 15) is 19.5 Å². The van der Waals surface area contributed by atoms with Gasteiger partial charge < -0.3 is 10.4 Å². The molecule has 2 bridgehead atoms. The van der Waals surface area contributed by atoms with Crippen LogP contribution in [0.5, 0.6) is 5.75 Å². The van der Waals surface area contributed by atoms with Gasteiger partial charge in [-0.1, -0.05) is 12.2 Å². The summed E-state index contributed by atoms with van der Waals surface area (Å²) in [5.74, 6) is -1.73. The fourth-order valence-corrected chi connectivity index (χ4v) is 4.31. The van der Waals surface area contributed by atoms with E-state index < -0.39 is 11.9 Å². The van der Waals surface area contributed by atoms with Crippen molar-refractivity contribution in [2.75, 3.05) is 5.32 Å². The van der Waals surface area contributed by atoms with E-state index in [1.165, 1.54) is 25.3 Å². The van der Waals surface area contributed by atoms with E-state index in [0.717, 1.165) is 17.7 Å². The zero-order valence-electron chi connectivity index (χ0n) is 13.8. The average molecular weight is 341 g/mol. The molecule has 2 N–H and O–H groups in total. The Hall–Kier alpha value is -2.70. The van der Waals surface area contributed by atoms with Crippen LogP contribution < -0.4 is 5.32 Å². The van der Waals surface area contributed by atoms with Crippen molar-refractivity contribution in [3.05, 3.63) is 30.5 Å². The Labute approximate surface area is 144 Å². The van der Waals surface area contributed by atoms with Gasteiger partial charge in [-0.3, -0.25) is 19.3 Å². The molecule has 1 saturated carbocycles. The number of fused-ring (bicyclic) bond motifs is 1. The quantitative estimate of drug-likeness (QED) is 0.638. The molecule has 1 aliphatic heterocycles. The largest absolute Gasteiger partial charge is 0.504 e. The molecule has 25 heavy (non-hydrogen) atoms. The summed E-state index contributed by atoms with van der Waals surface area (Å²) >= 11 is 0. The van der Waals surface area contributed by atoms with E-state index in [4.69, 9.17) is 0 Å². The highest BCUT2D eigenvalue weighted by molar-refractivity contribution is 6.10. The molecule has 4 aliphatic rings. The highest BCUT2D eigenvalue weighted by Gasteiger charge is 2.58. The highest BCUT2D eigenvalue weighted by atomic mass is 16.3. The first-order valence-electron chi connectivity index (χ1n) is 8.49. The molecule has 1 saturated heterocycles. The highest BCUT2D eigenvalue weighted by Crippen LogP contribution is 2.49. The second kappa shape index (κ2) is 5.68. The Kier molecular flexibility index (Phi) is 3.59. The molecule has 0 aromatic carbocycles. The van der Waals surface area contributed by atoms with Gasteiger partial charge in [0.2, 0.25) is 17.7 Å². The minimum atomic E-state index is -0.952. The molecule has 7 heteroatoms. The molecule has 0 unspecified atom stereocenters. The summed E-state index contributed by atoms with van der Waals surface area (Å²) in [6.07, 6.45) is 7.35. The van der Waals surface area contributed by atoms with Crippen molar-refractivity contribution < 1.29 is 19.5 Å². The van der Waals surface area contributed by atoms with Crippen LogP contribution in [0.25, 0.3) is 0 Å². The van der Waals surface area contributed by atoms with Gasteiger partial charge in [0.05, 0.1) is 11.8 Å². The van der Waals surface area contributed by atoms with Gasteiger partial charge in [-0.25, -0.2) is 4.98 Å². The maximum atomic E-state index is 12.8. The third-order valence-electron chi connectivity index (χ3n) is 5.59. The number of hydrogen-bond acceptors (Lipinski definition) is 5. The Morgan fingerprint density at radius 3 is 2.36 bits per heavy atom. The van der Waals surface area contributed by atoms with E-state index in [1.807, 2.05) is 12.2 Å². The normalized spacial score (nSPS) is 31.2. The average Bonchev–Trinajstić information content (AvgIpc) is 2.90. The molecule has 2 fully saturated rings. The second-order valence-corrected chi connectivity index (χ2v) is 6.92. The Balaban J connectivity index is 1.55. The van der Waals surface area contributed by atoms with E-state index in [1.54, 1.807) is 0 Å². The lowest BCUT2D eigenvalue weighted by Crippen LogP contribution is -2.46. The van der Waals surface area contributed by atoms with Gasteiger partial charge in [0.15, 0.2) is 11.6 Å². The number of pyridine rings is 1. The second-order valence-electron chi connectivity index (χ2n) is 6.92. The molecule has 0 radical (unpaired) electrons. The zero-order chi connectivity index (χ0) is 17.7. The number of rotatable bonds is 3. The number of aromatic hydroxyl groups is 1. The number of carbonyl (C=O) groups is 3. The van der Waals surface area contributed by atoms with Crippen LogP contribution in [0.3, 0.4) is 0 Å². The molecule has 3 amide bonds. The molecule has 5 atom stereocenters. The van der Waals surface area contributed by atoms with Gasteiger partial charge >= 0.3 is 0 Å². The number of likely N-dealkylation sites (tertiary alicyclic amines) is 1. The van der Waals surface area contributed by atoms with Crippen LogP contribution in [-0.4, -0.2) is 38.8 Å². The summed E-state index contributed by atoms with van der Waals surface area (Å²) < 4.78 is 0. The molecule has 2 heterocycles. The van der Waals surface area contributed by atoms with Crippen LogP contribution in [-0.2, 0) is 14.4 Å². The van der Waals surface area contributed by atoms with Gasteiger partial charge in [0, 0.05) is 6.20 Å². The first-order valence-corrected chi connectivity index (χ1v) is 8.49. The van der Waals surface area contributed by atoms with Crippen LogP contribution in [0.1, 0.15) is 19.8 Å². The van der Waals surface area contributed by atoms with Crippen molar-refractivity contribution >= 4 is 23.5 Å². The SMILES string of the molecule is C[C@H](C(=O)Nc1ncccc1O)N1C(=O)[C@@H]2[C@H](C1=O)[C@H]1C=C[C@H]2CC1. The lowest BCUT2D eigenvalue weighted by atomic mass is 9.63. The molecule has 7 nitrogen and oxygen atoms in total. The first-order chi connectivity index (χ1) is 12.0. The summed E-state index contributed by atoms with van der Waals surface area (Å²) in [5.41, 5.74) is 0. The summed E-state index contributed by atoms with van der Waals surface area (Å²) in [6, 6.07) is 1.98. The van der Waals surface area contributed by atoms with Crippen molar-refractivity contribution in [1.82, 2.24) is 9.88 Å². The Morgan fingerprint density at radius 2 is 1.84 bits per heavy atom. The van der Waals surface area contributed by atoms with E-state index in [-0.39, 0.29) is 47.1 Å². The number of allylic oxidation sites excluding steroid dienone is 2. The minimum Gasteiger partial charge on any atom is -0.504 e. The number of imide groups is 1. The summed E-state index contributed by atoms with van der Waals surface area (Å²) in [7, 11) is 0. The van der Waals surface area contributed by atoms with Gasteiger partial charge in [-0.05, 0) is 43.7 Å². The van der Waals surface area contributed by atoms with Gasteiger partial charge in [-0.15, -0.1) is 0 Å². The Morgan fingerprint density at radius 1 is 1.24 bits per heavy atom. The summed E-state index contributed by atoms with van der Waals surface area (Å²) in [6.45, 7) is 1.53. The van der Waals surface area contributed by atoms with Crippen molar-refractivity contribution in [3.8, 4) is 5.75 Å². The first kappa shape index (κ1) is 15.8. The maximum Gasteiger partial charge on any atom is 0.248 e. The third-order valence-corrected chi connectivity index (χ3v) is 5.59. The lowest BCUT2D eigenvalue weighted by molar-refractivity contribution is -0.146. The molecular formula is C18H19N3O4. The summed E-state index contributed by atoms with van der Waals surface area (Å²) in [4.78, 5) is 43.2. The molecule has 5 rings (SSSR count). The fourth-order valence-electron chi connectivity index (χ4n) is 4.31. The van der Waals surface area contributed by atoms with Crippen LogP contribution >= 0.6 is 0 Å². The monoisotopic (exact) mass is 341 g/mol. The molecule has 3 aliphatic carbocycles. The minimum absolute atomic E-state index is 0.0117. The summed E-state index contributed by atoms with van der Waals surface area (Å²) in [5, 5.41) is 12.2. The number of nitrogens with one attached hydrogen (secondary N) is 1. The molecule has 130 valence electrons. The van der Waals surface area contributed by atoms with Crippen molar-refractivity contribution in [2.24, 2.45) is 23.7 Å². The molecule has 1 aromatic heterocycles. The smallest absolute Gasteiger partial charge is 0.248 e. The lowest BCUT2D eigenvalue weighted by Gasteiger charge is -2.38. The molecule has 0 spiro atoms. The maximum absolute atomic E-state index is 12.8. The predicted octanol–water partition coefficient (Wildman–Crippen LogP) is 1.31. The van der Waals surface area contributed by atoms with E-state index >= 15 is 0 Å². The van der Waals surface area contributed by atoms with Gasteiger partial charge in [0.25, 0.3) is 0 Å². The van der Waals surface area contributed by atoms with Crippen molar-refractivity contribution in [2.45, 2.75) is 25.8 Å². The number of amides is 3. The van der Waals surface area contributed by atoms with Gasteiger partial charge in [0.1, 0.15) is 6.04 Å². The van der Waals surface area contributed by atoms with Crippen LogP contribution in [0.2, 0.25) is 0 Å². The molecular weight excluding hydrogens is 322 g/mol. The van der Waals surface area contributed by atoms with E-state index in [0.29, 0.717) is 0 Å². The Bertz CT molecular complexity index is 758. The fraction of sp³-hybridized carbons (Fsp3) is 0.444. The van der Waals surface area contributed by atoms with Crippen LogP contribution in [0.15, 0.2) is 30.5 Å². The van der Waals surface area contributed by atoms with Crippen molar-refractivity contribution in [1.29, 1.82) is 0 Å². The third kappa shape index (κ3) is 2.33. The number of hydrogen-bond donors (Lipinski definition) is 2. The van der Waals surface area contributed by atoms with Gasteiger partial charge in [-0.2, -0.15) is 0 Å². The van der Waals surface area contributed by atoms with Crippen molar-refractivity contribution in [3.63, 3.8) is 0 Å². The standard InChI is InChI=1S/C18H19N3O4/c1-9(16(23)20-15-12(22)3-2-8-19-15)21-17(24)13-10-4-5-11(7-6-10)14(13)18(21)25/h2-5,8-11,13-14,22H,6-7H2,1H3,(H,19,20,23)/t9-,10+,11+,13-,14+/m1/s1. The number of aromatic nitrogens is 1. The van der Waals surface area contributed by atoms with Crippen LogP contribution in [0, 0.1) is 23.7 Å². The number of nitrogens with zero attached hydrogens (tertiary/aromatic N) is 2. The van der Waals surface area contributed by atoms with Crippen LogP contribution in [0.4, 0.5) is 5.82 Å². The molecule has 1 aromatic rings. The number of anilines is 1. The predicted molar refractivity (Wildman–Crippen MR) is 88.2 cm³/mol. The topological polar surface area (TPSA) is 99.6 Å².